The van der Waals surface area contributed by atoms with Gasteiger partial charge in [0.05, 0.1) is 22.8 Å². The molecule has 2 heteroatoms. The molecular formula is C53H38N2. The summed E-state index contributed by atoms with van der Waals surface area (Å²) >= 11 is 0. The smallest absolute Gasteiger partial charge is 0.0779 e. The third-order valence-corrected chi connectivity index (χ3v) is 10.9. The molecule has 0 saturated carbocycles. The lowest BCUT2D eigenvalue weighted by molar-refractivity contribution is 0.787. The van der Waals surface area contributed by atoms with Crippen LogP contribution in [0.3, 0.4) is 0 Å². The van der Waals surface area contributed by atoms with Crippen molar-refractivity contribution >= 4 is 44.2 Å². The van der Waals surface area contributed by atoms with Crippen molar-refractivity contribution in [1.29, 1.82) is 0 Å². The van der Waals surface area contributed by atoms with Gasteiger partial charge in [-0.15, -0.1) is 0 Å². The van der Waals surface area contributed by atoms with Crippen molar-refractivity contribution in [3.8, 4) is 16.8 Å². The normalized spacial score (nSPS) is 14.4. The first-order valence-corrected chi connectivity index (χ1v) is 19.0. The molecule has 1 aliphatic rings. The van der Waals surface area contributed by atoms with Gasteiger partial charge in [0.15, 0.2) is 0 Å². The van der Waals surface area contributed by atoms with Gasteiger partial charge in [0.2, 0.25) is 0 Å². The molecule has 1 unspecified atom stereocenters. The van der Waals surface area contributed by atoms with Crippen LogP contribution in [0.4, 0.5) is 0 Å². The van der Waals surface area contributed by atoms with Gasteiger partial charge in [-0.05, 0) is 74.4 Å². The van der Waals surface area contributed by atoms with Crippen LogP contribution in [0.15, 0.2) is 218 Å². The third-order valence-electron chi connectivity index (χ3n) is 10.9. The van der Waals surface area contributed by atoms with Crippen LogP contribution in [0, 0.1) is 0 Å². The van der Waals surface area contributed by atoms with Gasteiger partial charge in [0.1, 0.15) is 0 Å². The fourth-order valence-corrected chi connectivity index (χ4v) is 8.38. The zero-order valence-electron chi connectivity index (χ0n) is 30.3. The molecule has 0 amide bonds. The molecule has 0 aliphatic carbocycles. The highest BCUT2D eigenvalue weighted by atomic mass is 15.0. The summed E-state index contributed by atoms with van der Waals surface area (Å²) in [5.41, 5.74) is 16.7. The van der Waals surface area contributed by atoms with Gasteiger partial charge in [0.25, 0.3) is 0 Å². The molecule has 9 aromatic rings. The van der Waals surface area contributed by atoms with Crippen LogP contribution >= 0.6 is 0 Å². The Morgan fingerprint density at radius 3 is 1.31 bits per heavy atom. The number of nitrogens with one attached hydrogen (secondary N) is 1. The average molecular weight is 703 g/mol. The zero-order valence-corrected chi connectivity index (χ0v) is 30.3. The standard InChI is InChI=1S/C53H38N2/c1-5-17-39(18-6-1)50-49(51(40-19-7-2-8-20-40)53(43-23-11-4-12-24-43)54-52(50)42-21-9-3-10-22-42)41-31-29-37(30-32-41)38-33-35-44(36-34-38)55-47-27-15-13-25-45(47)46-26-14-16-28-48(46)55/h1-36,52,54H. The lowest BCUT2D eigenvalue weighted by atomic mass is 9.77. The van der Waals surface area contributed by atoms with E-state index in [9.17, 15) is 0 Å². The Morgan fingerprint density at radius 2 is 0.745 bits per heavy atom. The van der Waals surface area contributed by atoms with Crippen LogP contribution in [0.1, 0.15) is 33.9 Å². The average Bonchev–Trinajstić information content (AvgIpc) is 3.61. The molecule has 0 fully saturated rings. The second-order valence-corrected chi connectivity index (χ2v) is 14.1. The van der Waals surface area contributed by atoms with Crippen LogP contribution in [0.5, 0.6) is 0 Å². The highest BCUT2D eigenvalue weighted by Crippen LogP contribution is 2.50. The third kappa shape index (κ3) is 5.85. The van der Waals surface area contributed by atoms with Crippen molar-refractivity contribution < 1.29 is 0 Å². The molecule has 260 valence electrons. The molecule has 55 heavy (non-hydrogen) atoms. The van der Waals surface area contributed by atoms with E-state index in [2.05, 4.69) is 228 Å². The molecule has 0 saturated heterocycles. The van der Waals surface area contributed by atoms with Crippen molar-refractivity contribution in [2.45, 2.75) is 6.04 Å². The minimum Gasteiger partial charge on any atom is -0.373 e. The second-order valence-electron chi connectivity index (χ2n) is 14.1. The summed E-state index contributed by atoms with van der Waals surface area (Å²) in [4.78, 5) is 0. The molecule has 0 spiro atoms. The van der Waals surface area contributed by atoms with Crippen LogP contribution < -0.4 is 5.32 Å². The van der Waals surface area contributed by atoms with Crippen LogP contribution in [-0.4, -0.2) is 4.57 Å². The first kappa shape index (κ1) is 32.5. The quantitative estimate of drug-likeness (QED) is 0.175. The fourth-order valence-electron chi connectivity index (χ4n) is 8.38. The Balaban J connectivity index is 1.14. The molecule has 1 atom stereocenters. The molecule has 0 bridgehead atoms. The number of aromatic nitrogens is 1. The second kappa shape index (κ2) is 14.0. The molecular weight excluding hydrogens is 665 g/mol. The van der Waals surface area contributed by atoms with Crippen molar-refractivity contribution in [2.24, 2.45) is 0 Å². The van der Waals surface area contributed by atoms with E-state index in [1.54, 1.807) is 0 Å². The van der Waals surface area contributed by atoms with Crippen molar-refractivity contribution in [3.05, 3.63) is 246 Å². The highest BCUT2D eigenvalue weighted by molar-refractivity contribution is 6.24. The van der Waals surface area contributed by atoms with E-state index in [0.29, 0.717) is 0 Å². The molecule has 1 N–H and O–H groups in total. The van der Waals surface area contributed by atoms with Crippen LogP contribution in [-0.2, 0) is 0 Å². The van der Waals surface area contributed by atoms with Crippen LogP contribution in [0.25, 0.3) is 61.0 Å². The Morgan fingerprint density at radius 1 is 0.327 bits per heavy atom. The summed E-state index contributed by atoms with van der Waals surface area (Å²) in [6.07, 6.45) is 0. The first-order chi connectivity index (χ1) is 27.3. The van der Waals surface area contributed by atoms with Gasteiger partial charge < -0.3 is 9.88 Å². The number of hydrogen-bond acceptors (Lipinski definition) is 1. The number of para-hydroxylation sites is 2. The Kier molecular flexibility index (Phi) is 8.27. The highest BCUT2D eigenvalue weighted by Gasteiger charge is 2.33. The lowest BCUT2D eigenvalue weighted by Gasteiger charge is -2.36. The van der Waals surface area contributed by atoms with Crippen molar-refractivity contribution in [3.63, 3.8) is 0 Å². The van der Waals surface area contributed by atoms with Crippen molar-refractivity contribution in [1.82, 2.24) is 9.88 Å². The summed E-state index contributed by atoms with van der Waals surface area (Å²) in [5, 5.41) is 6.62. The monoisotopic (exact) mass is 702 g/mol. The predicted molar refractivity (Wildman–Crippen MR) is 231 cm³/mol. The Hall–Kier alpha value is -7.16. The van der Waals surface area contributed by atoms with E-state index in [1.807, 2.05) is 0 Å². The molecule has 10 rings (SSSR count). The number of rotatable bonds is 7. The fraction of sp³-hybridized carbons (Fsp3) is 0.0189. The van der Waals surface area contributed by atoms with Crippen molar-refractivity contribution in [2.75, 3.05) is 0 Å². The maximum atomic E-state index is 4.08. The van der Waals surface area contributed by atoms with E-state index in [-0.39, 0.29) is 6.04 Å². The number of hydrogen-bond donors (Lipinski definition) is 1. The first-order valence-electron chi connectivity index (χ1n) is 19.0. The summed E-state index contributed by atoms with van der Waals surface area (Å²) in [5.74, 6) is 0. The molecule has 1 aromatic heterocycles. The molecule has 2 heterocycles. The Bertz CT molecular complexity index is 2780. The van der Waals surface area contributed by atoms with Gasteiger partial charge >= 0.3 is 0 Å². The number of benzene rings is 8. The van der Waals surface area contributed by atoms with Gasteiger partial charge in [-0.3, -0.25) is 0 Å². The summed E-state index contributed by atoms with van der Waals surface area (Å²) < 4.78 is 2.37. The van der Waals surface area contributed by atoms with E-state index in [1.165, 1.54) is 71.9 Å². The molecule has 0 radical (unpaired) electrons. The molecule has 2 nitrogen and oxygen atoms in total. The predicted octanol–water partition coefficient (Wildman–Crippen LogP) is 13.3. The lowest BCUT2D eigenvalue weighted by Crippen LogP contribution is -2.27. The SMILES string of the molecule is c1ccc(C2=C(c3ccccc3)C(c3ccc(-c4ccc(-n5c6ccccc6c6ccccc65)cc4)cc3)=C(c3ccccc3)C(c3ccccc3)N2)cc1. The number of dihydropyridines is 1. The maximum absolute atomic E-state index is 4.08. The maximum Gasteiger partial charge on any atom is 0.0779 e. The van der Waals surface area contributed by atoms with E-state index in [4.69, 9.17) is 0 Å². The van der Waals surface area contributed by atoms with E-state index in [0.717, 1.165) is 16.9 Å². The summed E-state index contributed by atoms with van der Waals surface area (Å²) in [6.45, 7) is 0. The van der Waals surface area contributed by atoms with E-state index < -0.39 is 0 Å². The Labute approximate surface area is 322 Å². The number of nitrogens with zero attached hydrogens (tertiary/aromatic N) is 1. The minimum atomic E-state index is -0.0747. The minimum absolute atomic E-state index is 0.0747. The topological polar surface area (TPSA) is 17.0 Å². The van der Waals surface area contributed by atoms with Gasteiger partial charge in [0, 0.05) is 22.0 Å². The number of fused-ring (bicyclic) bond motifs is 3. The van der Waals surface area contributed by atoms with Gasteiger partial charge in [-0.25, -0.2) is 0 Å². The number of allylic oxidation sites excluding steroid dienone is 2. The molecule has 8 aromatic carbocycles. The summed E-state index contributed by atoms with van der Waals surface area (Å²) in [6, 6.07) is 78.8. The van der Waals surface area contributed by atoms with Gasteiger partial charge in [-0.2, -0.15) is 0 Å². The van der Waals surface area contributed by atoms with E-state index >= 15 is 0 Å². The zero-order chi connectivity index (χ0) is 36.6. The largest absolute Gasteiger partial charge is 0.373 e. The summed E-state index contributed by atoms with van der Waals surface area (Å²) in [7, 11) is 0. The van der Waals surface area contributed by atoms with Crippen LogP contribution in [0.2, 0.25) is 0 Å². The molecule has 1 aliphatic heterocycles. The van der Waals surface area contributed by atoms with Gasteiger partial charge in [-0.1, -0.05) is 194 Å².